The molecule has 3 rings (SSSR count). The van der Waals surface area contributed by atoms with E-state index in [1.165, 1.54) is 17.0 Å². The lowest BCUT2D eigenvalue weighted by Gasteiger charge is -2.14. The van der Waals surface area contributed by atoms with Gasteiger partial charge in [-0.25, -0.2) is 0 Å². The van der Waals surface area contributed by atoms with Gasteiger partial charge >= 0.3 is 0 Å². The van der Waals surface area contributed by atoms with Crippen molar-refractivity contribution in [2.75, 3.05) is 11.9 Å². The molecule has 5 nitrogen and oxygen atoms in total. The number of anilines is 1. The predicted molar refractivity (Wildman–Crippen MR) is 113 cm³/mol. The second-order valence-corrected chi connectivity index (χ2v) is 7.97. The van der Waals surface area contributed by atoms with E-state index in [1.807, 2.05) is 0 Å². The first kappa shape index (κ1) is 19.7. The third-order valence-electron chi connectivity index (χ3n) is 3.59. The van der Waals surface area contributed by atoms with Gasteiger partial charge in [0.1, 0.15) is 16.6 Å². The van der Waals surface area contributed by atoms with Crippen LogP contribution in [0.1, 0.15) is 5.56 Å². The molecule has 2 aromatic rings. The van der Waals surface area contributed by atoms with Crippen LogP contribution in [0.15, 0.2) is 47.4 Å². The third kappa shape index (κ3) is 4.62. The minimum atomic E-state index is -0.404. The van der Waals surface area contributed by atoms with Gasteiger partial charge in [-0.15, -0.1) is 0 Å². The zero-order valence-electron chi connectivity index (χ0n) is 13.6. The summed E-state index contributed by atoms with van der Waals surface area (Å²) in [5, 5.41) is 12.6. The van der Waals surface area contributed by atoms with E-state index in [2.05, 4.69) is 5.32 Å². The summed E-state index contributed by atoms with van der Waals surface area (Å²) in [6, 6.07) is 11.1. The number of phenols is 1. The summed E-state index contributed by atoms with van der Waals surface area (Å²) in [7, 11) is 0. The van der Waals surface area contributed by atoms with E-state index in [-0.39, 0.29) is 22.5 Å². The Balaban J connectivity index is 1.72. The highest BCUT2D eigenvalue weighted by Crippen LogP contribution is 2.35. The van der Waals surface area contributed by atoms with Crippen LogP contribution in [0.5, 0.6) is 5.75 Å². The number of phenolic OH excluding ortho intramolecular Hbond substituents is 1. The summed E-state index contributed by atoms with van der Waals surface area (Å²) in [5.41, 5.74) is 1.10. The molecule has 138 valence electrons. The molecular formula is C18H12Cl2N2O3S2. The van der Waals surface area contributed by atoms with Gasteiger partial charge in [0.2, 0.25) is 5.91 Å². The molecule has 0 saturated carbocycles. The molecule has 0 spiro atoms. The maximum Gasteiger partial charge on any atom is 0.266 e. The fraction of sp³-hybridized carbons (Fsp3) is 0.0556. The van der Waals surface area contributed by atoms with E-state index in [1.54, 1.807) is 36.4 Å². The second kappa shape index (κ2) is 8.31. The number of benzene rings is 2. The van der Waals surface area contributed by atoms with Crippen LogP contribution >= 0.6 is 47.2 Å². The Labute approximate surface area is 174 Å². The Morgan fingerprint density at radius 1 is 1.22 bits per heavy atom. The van der Waals surface area contributed by atoms with E-state index < -0.39 is 5.91 Å². The first-order valence-electron chi connectivity index (χ1n) is 7.63. The SMILES string of the molecule is O=C(CN1C(=O)/C(=C/c2cccc(Cl)c2Cl)SC1=S)Nc1ccc(O)cc1. The van der Waals surface area contributed by atoms with E-state index >= 15 is 0 Å². The van der Waals surface area contributed by atoms with E-state index in [9.17, 15) is 14.7 Å². The summed E-state index contributed by atoms with van der Waals surface area (Å²) in [6.45, 7) is -0.216. The Hall–Kier alpha value is -2.06. The van der Waals surface area contributed by atoms with Crippen molar-refractivity contribution in [3.8, 4) is 5.75 Å². The summed E-state index contributed by atoms with van der Waals surface area (Å²) < 4.78 is 0.283. The third-order valence-corrected chi connectivity index (χ3v) is 5.81. The number of amides is 2. The fourth-order valence-electron chi connectivity index (χ4n) is 2.30. The Morgan fingerprint density at radius 3 is 2.63 bits per heavy atom. The van der Waals surface area contributed by atoms with Crippen LogP contribution in [-0.2, 0) is 9.59 Å². The number of aromatic hydroxyl groups is 1. The molecular weight excluding hydrogens is 427 g/mol. The molecule has 1 fully saturated rings. The molecule has 2 N–H and O–H groups in total. The molecule has 1 aliphatic heterocycles. The first-order chi connectivity index (χ1) is 12.8. The molecule has 0 aromatic heterocycles. The van der Waals surface area contributed by atoms with Crippen LogP contribution in [-0.4, -0.2) is 32.7 Å². The Morgan fingerprint density at radius 2 is 1.93 bits per heavy atom. The smallest absolute Gasteiger partial charge is 0.266 e. The van der Waals surface area contributed by atoms with Crippen LogP contribution in [0, 0.1) is 0 Å². The maximum absolute atomic E-state index is 12.6. The minimum Gasteiger partial charge on any atom is -0.508 e. The number of rotatable bonds is 4. The quantitative estimate of drug-likeness (QED) is 0.416. The zero-order chi connectivity index (χ0) is 19.6. The van der Waals surface area contributed by atoms with Crippen LogP contribution < -0.4 is 5.32 Å². The molecule has 2 aromatic carbocycles. The van der Waals surface area contributed by atoms with Gasteiger partial charge in [-0.05, 0) is 42.0 Å². The van der Waals surface area contributed by atoms with Gasteiger partial charge in [-0.1, -0.05) is 59.3 Å². The fourth-order valence-corrected chi connectivity index (χ4v) is 3.91. The minimum absolute atomic E-state index is 0.0924. The number of nitrogens with zero attached hydrogens (tertiary/aromatic N) is 1. The van der Waals surface area contributed by atoms with Crippen molar-refractivity contribution < 1.29 is 14.7 Å². The van der Waals surface area contributed by atoms with Gasteiger partial charge in [0.15, 0.2) is 0 Å². The number of thioether (sulfide) groups is 1. The zero-order valence-corrected chi connectivity index (χ0v) is 16.8. The Kier molecular flexibility index (Phi) is 6.06. The lowest BCUT2D eigenvalue weighted by Crippen LogP contribution is -2.36. The van der Waals surface area contributed by atoms with Gasteiger partial charge < -0.3 is 10.4 Å². The number of halogens is 2. The highest BCUT2D eigenvalue weighted by molar-refractivity contribution is 8.26. The lowest BCUT2D eigenvalue weighted by atomic mass is 10.2. The van der Waals surface area contributed by atoms with Gasteiger partial charge in [-0.3, -0.25) is 14.5 Å². The number of hydrogen-bond acceptors (Lipinski definition) is 5. The Bertz CT molecular complexity index is 962. The molecule has 2 amide bonds. The van der Waals surface area contributed by atoms with Gasteiger partial charge in [0, 0.05) is 5.69 Å². The van der Waals surface area contributed by atoms with Gasteiger partial charge in [-0.2, -0.15) is 0 Å². The molecule has 0 unspecified atom stereocenters. The van der Waals surface area contributed by atoms with Crippen LogP contribution in [0.4, 0.5) is 5.69 Å². The topological polar surface area (TPSA) is 69.6 Å². The van der Waals surface area contributed by atoms with Crippen LogP contribution in [0.25, 0.3) is 6.08 Å². The number of hydrogen-bond donors (Lipinski definition) is 2. The van der Waals surface area contributed by atoms with Crippen LogP contribution in [0.3, 0.4) is 0 Å². The van der Waals surface area contributed by atoms with Crippen molar-refractivity contribution in [3.63, 3.8) is 0 Å². The summed E-state index contributed by atoms with van der Waals surface area (Å²) >= 11 is 18.5. The number of nitrogens with one attached hydrogen (secondary N) is 1. The molecule has 1 heterocycles. The summed E-state index contributed by atoms with van der Waals surface area (Å²) in [5.74, 6) is -0.685. The molecule has 27 heavy (non-hydrogen) atoms. The normalized spacial score (nSPS) is 15.5. The largest absolute Gasteiger partial charge is 0.508 e. The monoisotopic (exact) mass is 438 g/mol. The lowest BCUT2D eigenvalue weighted by molar-refractivity contribution is -0.126. The molecule has 1 aliphatic rings. The number of carbonyl (C=O) groups is 2. The highest BCUT2D eigenvalue weighted by Gasteiger charge is 2.33. The van der Waals surface area contributed by atoms with Crippen molar-refractivity contribution in [1.29, 1.82) is 0 Å². The average molecular weight is 439 g/mol. The molecule has 9 heteroatoms. The van der Waals surface area contributed by atoms with Crippen molar-refractivity contribution in [1.82, 2.24) is 4.90 Å². The van der Waals surface area contributed by atoms with E-state index in [4.69, 9.17) is 35.4 Å². The van der Waals surface area contributed by atoms with Gasteiger partial charge in [0.25, 0.3) is 5.91 Å². The summed E-state index contributed by atoms with van der Waals surface area (Å²) in [6.07, 6.45) is 1.60. The molecule has 0 bridgehead atoms. The molecule has 0 atom stereocenters. The van der Waals surface area contributed by atoms with Gasteiger partial charge in [0.05, 0.1) is 15.0 Å². The van der Waals surface area contributed by atoms with Crippen molar-refractivity contribution in [2.45, 2.75) is 0 Å². The predicted octanol–water partition coefficient (Wildman–Crippen LogP) is 4.54. The second-order valence-electron chi connectivity index (χ2n) is 5.51. The van der Waals surface area contributed by atoms with Crippen LogP contribution in [0.2, 0.25) is 10.0 Å². The standard InChI is InChI=1S/C18H12Cl2N2O3S2/c19-13-3-1-2-10(16(13)20)8-14-17(25)22(18(26)27-14)9-15(24)21-11-4-6-12(23)7-5-11/h1-8,23H,9H2,(H,21,24)/b14-8-. The first-order valence-corrected chi connectivity index (χ1v) is 9.61. The maximum atomic E-state index is 12.6. The molecule has 0 radical (unpaired) electrons. The molecule has 1 saturated heterocycles. The van der Waals surface area contributed by atoms with E-state index in [0.717, 1.165) is 11.8 Å². The van der Waals surface area contributed by atoms with Crippen molar-refractivity contribution >= 4 is 75.1 Å². The average Bonchev–Trinajstić information content (AvgIpc) is 2.88. The summed E-state index contributed by atoms with van der Waals surface area (Å²) in [4.78, 5) is 26.4. The number of carbonyl (C=O) groups excluding carboxylic acids is 2. The van der Waals surface area contributed by atoms with Crippen molar-refractivity contribution in [3.05, 3.63) is 63.0 Å². The van der Waals surface area contributed by atoms with E-state index in [0.29, 0.717) is 26.2 Å². The van der Waals surface area contributed by atoms with Crippen molar-refractivity contribution in [2.24, 2.45) is 0 Å². The number of thiocarbonyl (C=S) groups is 1. The highest BCUT2D eigenvalue weighted by atomic mass is 35.5. The molecule has 0 aliphatic carbocycles.